The molecule has 0 spiro atoms. The molecule has 0 bridgehead atoms. The first-order chi connectivity index (χ1) is 10.2. The van der Waals surface area contributed by atoms with Gasteiger partial charge < -0.3 is 14.8 Å². The molecule has 2 rings (SSSR count). The standard InChI is InChI=1S/C18H29NO2/c1-14-4-6-15(7-5-14)8-9-19-13-16-10-17(20-2)12-18(11-16)21-3/h10-12,14-15,19H,4-9,13H2,1-3H3. The van der Waals surface area contributed by atoms with Crippen LogP contribution in [0, 0.1) is 11.8 Å². The molecule has 0 amide bonds. The molecule has 1 aromatic carbocycles. The van der Waals surface area contributed by atoms with Crippen LogP contribution in [-0.2, 0) is 6.54 Å². The lowest BCUT2D eigenvalue weighted by atomic mass is 9.81. The zero-order valence-corrected chi connectivity index (χ0v) is 13.7. The highest BCUT2D eigenvalue weighted by atomic mass is 16.5. The van der Waals surface area contributed by atoms with Crippen molar-refractivity contribution >= 4 is 0 Å². The van der Waals surface area contributed by atoms with Gasteiger partial charge in [-0.2, -0.15) is 0 Å². The monoisotopic (exact) mass is 291 g/mol. The van der Waals surface area contributed by atoms with Crippen molar-refractivity contribution in [3.05, 3.63) is 23.8 Å². The molecule has 0 heterocycles. The van der Waals surface area contributed by atoms with Gasteiger partial charge in [-0.3, -0.25) is 0 Å². The van der Waals surface area contributed by atoms with Crippen LogP contribution in [0.25, 0.3) is 0 Å². The molecule has 3 heteroatoms. The Morgan fingerprint density at radius 2 is 1.62 bits per heavy atom. The Balaban J connectivity index is 1.73. The number of hydrogen-bond donors (Lipinski definition) is 1. The third kappa shape index (κ3) is 5.24. The van der Waals surface area contributed by atoms with Gasteiger partial charge in [-0.15, -0.1) is 0 Å². The van der Waals surface area contributed by atoms with E-state index in [1.807, 2.05) is 6.07 Å². The molecule has 1 fully saturated rings. The van der Waals surface area contributed by atoms with Gasteiger partial charge >= 0.3 is 0 Å². The Bertz CT molecular complexity index is 403. The summed E-state index contributed by atoms with van der Waals surface area (Å²) in [5.74, 6) is 3.58. The van der Waals surface area contributed by atoms with Crippen molar-refractivity contribution in [1.82, 2.24) is 5.32 Å². The zero-order chi connectivity index (χ0) is 15.1. The van der Waals surface area contributed by atoms with Crippen LogP contribution in [-0.4, -0.2) is 20.8 Å². The highest BCUT2D eigenvalue weighted by Gasteiger charge is 2.17. The van der Waals surface area contributed by atoms with E-state index in [9.17, 15) is 0 Å². The van der Waals surface area contributed by atoms with Crippen molar-refractivity contribution in [2.24, 2.45) is 11.8 Å². The molecule has 0 saturated heterocycles. The van der Waals surface area contributed by atoms with E-state index in [0.29, 0.717) is 0 Å². The summed E-state index contributed by atoms with van der Waals surface area (Å²) < 4.78 is 10.6. The second kappa shape index (κ2) is 8.28. The van der Waals surface area contributed by atoms with Crippen LogP contribution in [0.2, 0.25) is 0 Å². The Hall–Kier alpha value is -1.22. The summed E-state index contributed by atoms with van der Waals surface area (Å²) in [4.78, 5) is 0. The molecule has 1 saturated carbocycles. The molecular weight excluding hydrogens is 262 g/mol. The summed E-state index contributed by atoms with van der Waals surface area (Å²) in [6, 6.07) is 6.04. The lowest BCUT2D eigenvalue weighted by Gasteiger charge is -2.26. The van der Waals surface area contributed by atoms with Crippen molar-refractivity contribution in [3.8, 4) is 11.5 Å². The average molecular weight is 291 g/mol. The van der Waals surface area contributed by atoms with Crippen LogP contribution < -0.4 is 14.8 Å². The summed E-state index contributed by atoms with van der Waals surface area (Å²) in [5.41, 5.74) is 1.21. The topological polar surface area (TPSA) is 30.5 Å². The van der Waals surface area contributed by atoms with Crippen molar-refractivity contribution < 1.29 is 9.47 Å². The molecule has 1 aliphatic rings. The van der Waals surface area contributed by atoms with Gasteiger partial charge in [0.05, 0.1) is 14.2 Å². The molecule has 0 aromatic heterocycles. The number of hydrogen-bond acceptors (Lipinski definition) is 3. The SMILES string of the molecule is COc1cc(CNCCC2CCC(C)CC2)cc(OC)c1. The summed E-state index contributed by atoms with van der Waals surface area (Å²) in [6.45, 7) is 4.35. The molecule has 0 atom stereocenters. The molecule has 0 radical (unpaired) electrons. The van der Waals surface area contributed by atoms with Crippen molar-refractivity contribution in [2.45, 2.75) is 45.6 Å². The van der Waals surface area contributed by atoms with Crippen molar-refractivity contribution in [2.75, 3.05) is 20.8 Å². The van der Waals surface area contributed by atoms with Crippen LogP contribution >= 0.6 is 0 Å². The second-order valence-corrected chi connectivity index (χ2v) is 6.31. The molecule has 118 valence electrons. The summed E-state index contributed by atoms with van der Waals surface area (Å²) >= 11 is 0. The lowest BCUT2D eigenvalue weighted by molar-refractivity contribution is 0.275. The maximum atomic E-state index is 5.30. The van der Waals surface area contributed by atoms with E-state index >= 15 is 0 Å². The first-order valence-corrected chi connectivity index (χ1v) is 8.14. The summed E-state index contributed by atoms with van der Waals surface area (Å²) in [6.07, 6.45) is 6.95. The van der Waals surface area contributed by atoms with Crippen LogP contribution in [0.4, 0.5) is 0 Å². The minimum absolute atomic E-state index is 0.854. The second-order valence-electron chi connectivity index (χ2n) is 6.31. The van der Waals surface area contributed by atoms with E-state index in [1.165, 1.54) is 37.7 Å². The Labute approximate surface area is 129 Å². The highest BCUT2D eigenvalue weighted by molar-refractivity contribution is 5.38. The van der Waals surface area contributed by atoms with Crippen molar-refractivity contribution in [1.29, 1.82) is 0 Å². The van der Waals surface area contributed by atoms with Crippen LogP contribution in [0.5, 0.6) is 11.5 Å². The fourth-order valence-corrected chi connectivity index (χ4v) is 3.13. The third-order valence-electron chi connectivity index (χ3n) is 4.61. The fourth-order valence-electron chi connectivity index (χ4n) is 3.13. The molecular formula is C18H29NO2. The van der Waals surface area contributed by atoms with Gasteiger partial charge in [0.2, 0.25) is 0 Å². The Morgan fingerprint density at radius 3 is 2.19 bits per heavy atom. The van der Waals surface area contributed by atoms with Gasteiger partial charge in [0.15, 0.2) is 0 Å². The van der Waals surface area contributed by atoms with Crippen molar-refractivity contribution in [3.63, 3.8) is 0 Å². The largest absolute Gasteiger partial charge is 0.497 e. The molecule has 1 N–H and O–H groups in total. The summed E-state index contributed by atoms with van der Waals surface area (Å²) in [7, 11) is 3.38. The van der Waals surface area contributed by atoms with Gasteiger partial charge in [0.25, 0.3) is 0 Å². The third-order valence-corrected chi connectivity index (χ3v) is 4.61. The van der Waals surface area contributed by atoms with Crippen LogP contribution in [0.3, 0.4) is 0 Å². The number of nitrogens with one attached hydrogen (secondary N) is 1. The summed E-state index contributed by atoms with van der Waals surface area (Å²) in [5, 5.41) is 3.55. The van der Waals surface area contributed by atoms with E-state index in [-0.39, 0.29) is 0 Å². The first kappa shape index (κ1) is 16.2. The smallest absolute Gasteiger partial charge is 0.122 e. The Morgan fingerprint density at radius 1 is 1.00 bits per heavy atom. The van der Waals surface area contributed by atoms with E-state index in [0.717, 1.165) is 36.4 Å². The molecule has 0 unspecified atom stereocenters. The van der Waals surface area contributed by atoms with E-state index in [2.05, 4.69) is 24.4 Å². The van der Waals surface area contributed by atoms with E-state index < -0.39 is 0 Å². The number of benzene rings is 1. The van der Waals surface area contributed by atoms with Gasteiger partial charge in [0, 0.05) is 12.6 Å². The van der Waals surface area contributed by atoms with Gasteiger partial charge in [-0.1, -0.05) is 32.6 Å². The van der Waals surface area contributed by atoms with Gasteiger partial charge in [-0.25, -0.2) is 0 Å². The fraction of sp³-hybridized carbons (Fsp3) is 0.667. The predicted octanol–water partition coefficient (Wildman–Crippen LogP) is 4.01. The van der Waals surface area contributed by atoms with Crippen LogP contribution in [0.15, 0.2) is 18.2 Å². The van der Waals surface area contributed by atoms with E-state index in [1.54, 1.807) is 14.2 Å². The minimum atomic E-state index is 0.854. The van der Waals surface area contributed by atoms with Crippen LogP contribution in [0.1, 0.15) is 44.6 Å². The van der Waals surface area contributed by atoms with Gasteiger partial charge in [-0.05, 0) is 42.5 Å². The van der Waals surface area contributed by atoms with E-state index in [4.69, 9.17) is 9.47 Å². The molecule has 1 aliphatic carbocycles. The quantitative estimate of drug-likeness (QED) is 0.770. The predicted molar refractivity (Wildman–Crippen MR) is 87.0 cm³/mol. The zero-order valence-electron chi connectivity index (χ0n) is 13.7. The molecule has 3 nitrogen and oxygen atoms in total. The highest BCUT2D eigenvalue weighted by Crippen LogP contribution is 2.30. The lowest BCUT2D eigenvalue weighted by Crippen LogP contribution is -2.20. The molecule has 21 heavy (non-hydrogen) atoms. The number of rotatable bonds is 7. The normalized spacial score (nSPS) is 22.0. The first-order valence-electron chi connectivity index (χ1n) is 8.14. The number of ether oxygens (including phenoxy) is 2. The van der Waals surface area contributed by atoms with Gasteiger partial charge in [0.1, 0.15) is 11.5 Å². The minimum Gasteiger partial charge on any atom is -0.497 e. The number of methoxy groups -OCH3 is 2. The maximum absolute atomic E-state index is 5.30. The molecule has 1 aromatic rings. The average Bonchev–Trinajstić information content (AvgIpc) is 2.53. The Kier molecular flexibility index (Phi) is 6.37. The molecule has 0 aliphatic heterocycles. The maximum Gasteiger partial charge on any atom is 0.122 e.